The summed E-state index contributed by atoms with van der Waals surface area (Å²) in [5, 5.41) is 3.05. The number of benzene rings is 1. The zero-order valence-electron chi connectivity index (χ0n) is 14.4. The number of ether oxygens (including phenoxy) is 1. The number of aromatic nitrogens is 2. The van der Waals surface area contributed by atoms with Crippen LogP contribution in [0.15, 0.2) is 42.6 Å². The van der Waals surface area contributed by atoms with E-state index in [0.29, 0.717) is 37.9 Å². The largest absolute Gasteiger partial charge is 0.383 e. The number of piperazine rings is 1. The molecule has 1 aromatic carbocycles. The van der Waals surface area contributed by atoms with Crippen molar-refractivity contribution in [3.63, 3.8) is 0 Å². The van der Waals surface area contributed by atoms with Gasteiger partial charge >= 0.3 is 0 Å². The van der Waals surface area contributed by atoms with Gasteiger partial charge in [-0.3, -0.25) is 4.79 Å². The van der Waals surface area contributed by atoms with Crippen LogP contribution in [0.2, 0.25) is 0 Å². The Morgan fingerprint density at radius 3 is 2.64 bits per heavy atom. The van der Waals surface area contributed by atoms with Crippen LogP contribution in [0, 0.1) is 0 Å². The van der Waals surface area contributed by atoms with Gasteiger partial charge in [-0.1, -0.05) is 18.2 Å². The Bertz CT molecular complexity index is 687. The zero-order valence-corrected chi connectivity index (χ0v) is 14.4. The van der Waals surface area contributed by atoms with Crippen molar-refractivity contribution in [2.45, 2.75) is 0 Å². The molecule has 1 amide bonds. The smallest absolute Gasteiger partial charge is 0.272 e. The number of amides is 1. The molecule has 1 N–H and O–H groups in total. The third kappa shape index (κ3) is 4.45. The fraction of sp³-hybridized carbons (Fsp3) is 0.389. The van der Waals surface area contributed by atoms with E-state index in [4.69, 9.17) is 4.74 Å². The average molecular weight is 341 g/mol. The summed E-state index contributed by atoms with van der Waals surface area (Å²) in [6.07, 6.45) is 1.61. The monoisotopic (exact) mass is 341 g/mol. The third-order valence-corrected chi connectivity index (χ3v) is 4.15. The predicted molar refractivity (Wildman–Crippen MR) is 97.0 cm³/mol. The molecule has 3 rings (SSSR count). The number of nitrogens with one attached hydrogen (secondary N) is 1. The molecule has 132 valence electrons. The molecule has 2 aromatic rings. The minimum atomic E-state index is -0.0510. The number of nitrogens with zero attached hydrogens (tertiary/aromatic N) is 4. The van der Waals surface area contributed by atoms with Crippen LogP contribution >= 0.6 is 0 Å². The molecule has 7 nitrogen and oxygen atoms in total. The highest BCUT2D eigenvalue weighted by atomic mass is 16.5. The quantitative estimate of drug-likeness (QED) is 0.803. The fourth-order valence-corrected chi connectivity index (χ4v) is 2.80. The van der Waals surface area contributed by atoms with Crippen molar-refractivity contribution in [3.05, 3.63) is 48.3 Å². The van der Waals surface area contributed by atoms with E-state index in [9.17, 15) is 4.79 Å². The Morgan fingerprint density at radius 2 is 1.92 bits per heavy atom. The van der Waals surface area contributed by atoms with Crippen molar-refractivity contribution in [3.8, 4) is 0 Å². The molecule has 1 fully saturated rings. The van der Waals surface area contributed by atoms with Gasteiger partial charge in [0, 0.05) is 51.7 Å². The summed E-state index contributed by atoms with van der Waals surface area (Å²) in [6.45, 7) is 4.17. The molecule has 0 radical (unpaired) electrons. The highest BCUT2D eigenvalue weighted by Gasteiger charge is 2.23. The van der Waals surface area contributed by atoms with E-state index < -0.39 is 0 Å². The number of para-hydroxylation sites is 1. The van der Waals surface area contributed by atoms with Gasteiger partial charge in [0.1, 0.15) is 5.69 Å². The minimum Gasteiger partial charge on any atom is -0.383 e. The number of hydrogen-bond donors (Lipinski definition) is 1. The van der Waals surface area contributed by atoms with Gasteiger partial charge in [-0.05, 0) is 18.2 Å². The van der Waals surface area contributed by atoms with E-state index in [1.165, 1.54) is 5.69 Å². The van der Waals surface area contributed by atoms with Gasteiger partial charge in [0.15, 0.2) is 0 Å². The van der Waals surface area contributed by atoms with Crippen LogP contribution in [0.4, 0.5) is 11.6 Å². The molecule has 2 heterocycles. The zero-order chi connectivity index (χ0) is 17.5. The van der Waals surface area contributed by atoms with E-state index >= 15 is 0 Å². The van der Waals surface area contributed by atoms with Crippen molar-refractivity contribution >= 4 is 17.5 Å². The minimum absolute atomic E-state index is 0.0510. The normalized spacial score (nSPS) is 14.4. The molecule has 0 spiro atoms. The maximum Gasteiger partial charge on any atom is 0.272 e. The predicted octanol–water partition coefficient (Wildman–Crippen LogP) is 1.50. The first-order valence-electron chi connectivity index (χ1n) is 8.43. The van der Waals surface area contributed by atoms with Crippen LogP contribution in [0.5, 0.6) is 0 Å². The molecule has 25 heavy (non-hydrogen) atoms. The second-order valence-electron chi connectivity index (χ2n) is 5.80. The molecular formula is C18H23N5O2. The molecule has 0 bridgehead atoms. The summed E-state index contributed by atoms with van der Waals surface area (Å²) < 4.78 is 4.99. The molecule has 1 aliphatic heterocycles. The SMILES string of the molecule is COCCNc1nccc(C(=O)N2CCN(c3ccccc3)CC2)n1. The second kappa shape index (κ2) is 8.43. The Balaban J connectivity index is 1.58. The lowest BCUT2D eigenvalue weighted by Gasteiger charge is -2.36. The summed E-state index contributed by atoms with van der Waals surface area (Å²) in [6, 6.07) is 11.9. The maximum absolute atomic E-state index is 12.7. The van der Waals surface area contributed by atoms with Gasteiger partial charge in [-0.25, -0.2) is 9.97 Å². The number of rotatable bonds is 6. The van der Waals surface area contributed by atoms with Crippen LogP contribution in [0.3, 0.4) is 0 Å². The first-order valence-corrected chi connectivity index (χ1v) is 8.43. The Kier molecular flexibility index (Phi) is 5.79. The highest BCUT2D eigenvalue weighted by molar-refractivity contribution is 5.92. The Labute approximate surface area is 147 Å². The van der Waals surface area contributed by atoms with Gasteiger partial charge in [0.25, 0.3) is 5.91 Å². The van der Waals surface area contributed by atoms with Crippen LogP contribution < -0.4 is 10.2 Å². The first kappa shape index (κ1) is 17.2. The summed E-state index contributed by atoms with van der Waals surface area (Å²) in [5.74, 6) is 0.399. The van der Waals surface area contributed by atoms with Crippen molar-refractivity contribution in [1.82, 2.24) is 14.9 Å². The topological polar surface area (TPSA) is 70.6 Å². The fourth-order valence-electron chi connectivity index (χ4n) is 2.80. The Hall–Kier alpha value is -2.67. The molecule has 0 saturated carbocycles. The number of hydrogen-bond acceptors (Lipinski definition) is 6. The number of methoxy groups -OCH3 is 1. The standard InChI is InChI=1S/C18H23N5O2/c1-25-14-9-20-18-19-8-7-16(21-18)17(24)23-12-10-22(11-13-23)15-5-3-2-4-6-15/h2-8H,9-14H2,1H3,(H,19,20,21). The summed E-state index contributed by atoms with van der Waals surface area (Å²) in [7, 11) is 1.64. The lowest BCUT2D eigenvalue weighted by molar-refractivity contribution is 0.0741. The van der Waals surface area contributed by atoms with Gasteiger partial charge < -0.3 is 19.9 Å². The highest BCUT2D eigenvalue weighted by Crippen LogP contribution is 2.16. The van der Waals surface area contributed by atoms with Gasteiger partial charge in [0.05, 0.1) is 6.61 Å². The van der Waals surface area contributed by atoms with Crippen molar-refractivity contribution in [1.29, 1.82) is 0 Å². The summed E-state index contributed by atoms with van der Waals surface area (Å²) in [5.41, 5.74) is 1.62. The van der Waals surface area contributed by atoms with E-state index in [0.717, 1.165) is 13.1 Å². The molecule has 1 aliphatic rings. The van der Waals surface area contributed by atoms with Gasteiger partial charge in [-0.15, -0.1) is 0 Å². The Morgan fingerprint density at radius 1 is 1.16 bits per heavy atom. The number of carbonyl (C=O) groups excluding carboxylic acids is 1. The molecular weight excluding hydrogens is 318 g/mol. The summed E-state index contributed by atoms with van der Waals surface area (Å²) in [4.78, 5) is 25.3. The van der Waals surface area contributed by atoms with E-state index in [1.807, 2.05) is 23.1 Å². The molecule has 7 heteroatoms. The maximum atomic E-state index is 12.7. The lowest BCUT2D eigenvalue weighted by atomic mass is 10.2. The second-order valence-corrected chi connectivity index (χ2v) is 5.80. The molecule has 1 saturated heterocycles. The molecule has 0 atom stereocenters. The van der Waals surface area contributed by atoms with Crippen LogP contribution in [0.1, 0.15) is 10.5 Å². The van der Waals surface area contributed by atoms with Gasteiger partial charge in [0.2, 0.25) is 5.95 Å². The van der Waals surface area contributed by atoms with E-state index in [2.05, 4.69) is 32.3 Å². The lowest BCUT2D eigenvalue weighted by Crippen LogP contribution is -2.49. The van der Waals surface area contributed by atoms with Crippen molar-refractivity contribution in [2.75, 3.05) is 56.7 Å². The molecule has 0 aliphatic carbocycles. The number of anilines is 2. The third-order valence-electron chi connectivity index (χ3n) is 4.15. The molecule has 1 aromatic heterocycles. The first-order chi connectivity index (χ1) is 12.3. The van der Waals surface area contributed by atoms with Crippen molar-refractivity contribution < 1.29 is 9.53 Å². The average Bonchev–Trinajstić information content (AvgIpc) is 2.69. The van der Waals surface area contributed by atoms with Crippen LogP contribution in [0.25, 0.3) is 0 Å². The summed E-state index contributed by atoms with van der Waals surface area (Å²) >= 11 is 0. The van der Waals surface area contributed by atoms with E-state index in [-0.39, 0.29) is 5.91 Å². The number of carbonyl (C=O) groups is 1. The van der Waals surface area contributed by atoms with E-state index in [1.54, 1.807) is 19.4 Å². The van der Waals surface area contributed by atoms with Crippen molar-refractivity contribution in [2.24, 2.45) is 0 Å². The van der Waals surface area contributed by atoms with Gasteiger partial charge in [-0.2, -0.15) is 0 Å². The van der Waals surface area contributed by atoms with Crippen LogP contribution in [-0.4, -0.2) is 67.2 Å². The van der Waals surface area contributed by atoms with Crippen LogP contribution in [-0.2, 0) is 4.74 Å². The molecule has 0 unspecified atom stereocenters.